The van der Waals surface area contributed by atoms with Crippen molar-refractivity contribution in [3.8, 4) is 5.75 Å². The molecule has 0 spiro atoms. The number of nitrogens with one attached hydrogen (secondary N) is 1. The first-order valence-corrected chi connectivity index (χ1v) is 6.27. The van der Waals surface area contributed by atoms with Crippen LogP contribution in [0.5, 0.6) is 5.75 Å². The second kappa shape index (κ2) is 4.98. The van der Waals surface area contributed by atoms with E-state index in [0.717, 1.165) is 17.9 Å². The summed E-state index contributed by atoms with van der Waals surface area (Å²) in [5, 5.41) is 3.21. The first kappa shape index (κ1) is 12.9. The molecule has 0 aliphatic carbocycles. The molecule has 1 aliphatic heterocycles. The summed E-state index contributed by atoms with van der Waals surface area (Å²) in [6, 6.07) is 6.45. The number of rotatable bonds is 3. The smallest absolute Gasteiger partial charge is 0.267 e. The summed E-state index contributed by atoms with van der Waals surface area (Å²) >= 11 is 0. The molecule has 1 aliphatic rings. The number of fused-ring (bicyclic) bond motifs is 1. The van der Waals surface area contributed by atoms with Gasteiger partial charge in [0.25, 0.3) is 5.91 Å². The van der Waals surface area contributed by atoms with Gasteiger partial charge in [-0.05, 0) is 45.0 Å². The topological polar surface area (TPSA) is 41.6 Å². The Morgan fingerprint density at radius 3 is 2.89 bits per heavy atom. The van der Waals surface area contributed by atoms with Crippen LogP contribution in [0.3, 0.4) is 0 Å². The van der Waals surface area contributed by atoms with Crippen LogP contribution in [0.4, 0.5) is 5.69 Å². The van der Waals surface area contributed by atoms with Crippen molar-refractivity contribution >= 4 is 11.6 Å². The molecule has 18 heavy (non-hydrogen) atoms. The normalized spacial score (nSPS) is 20.3. The number of amides is 1. The monoisotopic (exact) mass is 248 g/mol. The van der Waals surface area contributed by atoms with Gasteiger partial charge in [0.2, 0.25) is 0 Å². The largest absolute Gasteiger partial charge is 0.479 e. The van der Waals surface area contributed by atoms with Crippen LogP contribution in [0.15, 0.2) is 18.2 Å². The Hall–Kier alpha value is -1.55. The molecule has 4 heteroatoms. The lowest BCUT2D eigenvalue weighted by Crippen LogP contribution is -2.42. The highest BCUT2D eigenvalue weighted by Gasteiger charge is 2.28. The van der Waals surface area contributed by atoms with Crippen molar-refractivity contribution in [3.05, 3.63) is 23.8 Å². The van der Waals surface area contributed by atoms with Gasteiger partial charge in [-0.15, -0.1) is 0 Å². The van der Waals surface area contributed by atoms with E-state index >= 15 is 0 Å². The Balaban J connectivity index is 2.29. The third kappa shape index (κ3) is 2.34. The number of carbonyl (C=O) groups excluding carboxylic acids is 1. The number of likely N-dealkylation sites (N-methyl/N-ethyl adjacent to an activating group) is 2. The molecule has 1 aromatic rings. The number of ether oxygens (including phenoxy) is 1. The molecule has 1 amide bonds. The van der Waals surface area contributed by atoms with E-state index < -0.39 is 6.10 Å². The second-order valence-corrected chi connectivity index (χ2v) is 4.85. The molecule has 2 rings (SSSR count). The van der Waals surface area contributed by atoms with Gasteiger partial charge in [-0.25, -0.2) is 0 Å². The molecule has 0 saturated carbocycles. The Morgan fingerprint density at radius 1 is 1.50 bits per heavy atom. The van der Waals surface area contributed by atoms with Crippen molar-refractivity contribution in [2.75, 3.05) is 19.0 Å². The second-order valence-electron chi connectivity index (χ2n) is 4.85. The number of anilines is 1. The van der Waals surface area contributed by atoms with E-state index in [1.165, 1.54) is 5.56 Å². The van der Waals surface area contributed by atoms with Crippen LogP contribution in [-0.2, 0) is 11.2 Å². The van der Waals surface area contributed by atoms with Crippen LogP contribution >= 0.6 is 0 Å². The zero-order chi connectivity index (χ0) is 13.3. The molecule has 1 aromatic carbocycles. The quantitative estimate of drug-likeness (QED) is 0.883. The minimum Gasteiger partial charge on any atom is -0.479 e. The van der Waals surface area contributed by atoms with E-state index in [0.29, 0.717) is 6.04 Å². The van der Waals surface area contributed by atoms with Crippen molar-refractivity contribution in [2.45, 2.75) is 32.4 Å². The van der Waals surface area contributed by atoms with Crippen molar-refractivity contribution in [3.63, 3.8) is 0 Å². The maximum absolute atomic E-state index is 11.9. The highest BCUT2D eigenvalue weighted by Crippen LogP contribution is 2.34. The molecule has 2 unspecified atom stereocenters. The first-order chi connectivity index (χ1) is 8.52. The van der Waals surface area contributed by atoms with Gasteiger partial charge in [0, 0.05) is 13.1 Å². The van der Waals surface area contributed by atoms with Gasteiger partial charge >= 0.3 is 0 Å². The fourth-order valence-electron chi connectivity index (χ4n) is 2.14. The van der Waals surface area contributed by atoms with Crippen LogP contribution in [-0.4, -0.2) is 32.1 Å². The molecule has 0 bridgehead atoms. The molecule has 98 valence electrons. The minimum absolute atomic E-state index is 0.00122. The zero-order valence-electron chi connectivity index (χ0n) is 11.4. The van der Waals surface area contributed by atoms with Gasteiger partial charge in [0.05, 0.1) is 5.69 Å². The molecule has 1 heterocycles. The Morgan fingerprint density at radius 2 is 2.22 bits per heavy atom. The van der Waals surface area contributed by atoms with E-state index in [1.54, 1.807) is 18.9 Å². The van der Waals surface area contributed by atoms with Crippen molar-refractivity contribution in [1.29, 1.82) is 0 Å². The molecule has 0 aromatic heterocycles. The summed E-state index contributed by atoms with van der Waals surface area (Å²) < 4.78 is 5.59. The summed E-state index contributed by atoms with van der Waals surface area (Å²) in [6.07, 6.45) is 0.533. The Bertz CT molecular complexity index is 459. The SMILES string of the molecule is CNC(C)Cc1ccc2c(c1)N(C)C(=O)C(C)O2. The average Bonchev–Trinajstić information content (AvgIpc) is 2.37. The van der Waals surface area contributed by atoms with Crippen LogP contribution < -0.4 is 15.0 Å². The summed E-state index contributed by atoms with van der Waals surface area (Å²) in [6.45, 7) is 3.91. The molecule has 0 saturated heterocycles. The maximum Gasteiger partial charge on any atom is 0.267 e. The summed E-state index contributed by atoms with van der Waals surface area (Å²) in [7, 11) is 3.75. The van der Waals surface area contributed by atoms with Gasteiger partial charge in [0.15, 0.2) is 6.10 Å². The third-order valence-electron chi connectivity index (χ3n) is 3.40. The van der Waals surface area contributed by atoms with Crippen molar-refractivity contribution in [2.24, 2.45) is 0 Å². The molecular weight excluding hydrogens is 228 g/mol. The number of carbonyl (C=O) groups is 1. The van der Waals surface area contributed by atoms with E-state index in [-0.39, 0.29) is 5.91 Å². The van der Waals surface area contributed by atoms with E-state index in [9.17, 15) is 4.79 Å². The molecular formula is C14H20N2O2. The van der Waals surface area contributed by atoms with Gasteiger partial charge in [-0.3, -0.25) is 4.79 Å². The molecule has 2 atom stereocenters. The fourth-order valence-corrected chi connectivity index (χ4v) is 2.14. The standard InChI is InChI=1S/C14H20N2O2/c1-9(15-3)7-11-5-6-13-12(8-11)16(4)14(17)10(2)18-13/h5-6,8-10,15H,7H2,1-4H3. The van der Waals surface area contributed by atoms with E-state index in [1.807, 2.05) is 19.2 Å². The van der Waals surface area contributed by atoms with Crippen molar-refractivity contribution < 1.29 is 9.53 Å². The van der Waals surface area contributed by atoms with Crippen LogP contribution in [0.1, 0.15) is 19.4 Å². The maximum atomic E-state index is 11.9. The van der Waals surface area contributed by atoms with Crippen LogP contribution in [0, 0.1) is 0 Å². The van der Waals surface area contributed by atoms with Crippen molar-refractivity contribution in [1.82, 2.24) is 5.32 Å². The van der Waals surface area contributed by atoms with Gasteiger partial charge in [-0.1, -0.05) is 6.07 Å². The van der Waals surface area contributed by atoms with E-state index in [2.05, 4.69) is 18.3 Å². The minimum atomic E-state index is -0.399. The Kier molecular flexibility index (Phi) is 3.57. The fraction of sp³-hybridized carbons (Fsp3) is 0.500. The van der Waals surface area contributed by atoms with Gasteiger partial charge < -0.3 is 15.0 Å². The zero-order valence-corrected chi connectivity index (χ0v) is 11.4. The number of nitrogens with zero attached hydrogens (tertiary/aromatic N) is 1. The molecule has 1 N–H and O–H groups in total. The lowest BCUT2D eigenvalue weighted by Gasteiger charge is -2.30. The lowest BCUT2D eigenvalue weighted by atomic mass is 10.0. The molecule has 0 fully saturated rings. The number of hydrogen-bond acceptors (Lipinski definition) is 3. The lowest BCUT2D eigenvalue weighted by molar-refractivity contribution is -0.125. The number of hydrogen-bond donors (Lipinski definition) is 1. The van der Waals surface area contributed by atoms with Gasteiger partial charge in [-0.2, -0.15) is 0 Å². The highest BCUT2D eigenvalue weighted by molar-refractivity contribution is 5.99. The summed E-state index contributed by atoms with van der Waals surface area (Å²) in [5.41, 5.74) is 2.06. The first-order valence-electron chi connectivity index (χ1n) is 6.27. The van der Waals surface area contributed by atoms with E-state index in [4.69, 9.17) is 4.74 Å². The predicted octanol–water partition coefficient (Wildman–Crippen LogP) is 1.58. The molecule has 4 nitrogen and oxygen atoms in total. The Labute approximate surface area is 108 Å². The predicted molar refractivity (Wildman–Crippen MR) is 72.2 cm³/mol. The van der Waals surface area contributed by atoms with Crippen LogP contribution in [0.25, 0.3) is 0 Å². The molecule has 0 radical (unpaired) electrons. The van der Waals surface area contributed by atoms with Crippen LogP contribution in [0.2, 0.25) is 0 Å². The average molecular weight is 248 g/mol. The summed E-state index contributed by atoms with van der Waals surface area (Å²) in [5.74, 6) is 0.784. The van der Waals surface area contributed by atoms with Gasteiger partial charge in [0.1, 0.15) is 5.75 Å². The third-order valence-corrected chi connectivity index (χ3v) is 3.40. The number of benzene rings is 1. The highest BCUT2D eigenvalue weighted by atomic mass is 16.5. The summed E-state index contributed by atoms with van der Waals surface area (Å²) in [4.78, 5) is 13.5.